The van der Waals surface area contributed by atoms with Gasteiger partial charge < -0.3 is 4.90 Å². The first-order chi connectivity index (χ1) is 8.29. The van der Waals surface area contributed by atoms with Crippen molar-refractivity contribution >= 4 is 5.91 Å². The standard InChI is InChI=1S/C14H27NO.C2H6/c1-11(2)12-6-8-15(9-7-12)13(16)10-14(3,4)5;1-2/h11-12H,6-10H2,1-5H3;1-2H3. The van der Waals surface area contributed by atoms with Crippen LogP contribution in [0.5, 0.6) is 0 Å². The maximum atomic E-state index is 12.0. The van der Waals surface area contributed by atoms with Crippen molar-refractivity contribution in [1.29, 1.82) is 0 Å². The van der Waals surface area contributed by atoms with Crippen LogP contribution < -0.4 is 0 Å². The molecular formula is C16H33NO. The Kier molecular flexibility index (Phi) is 7.58. The van der Waals surface area contributed by atoms with E-state index in [1.165, 1.54) is 12.8 Å². The van der Waals surface area contributed by atoms with Crippen LogP contribution in [0, 0.1) is 17.3 Å². The Morgan fingerprint density at radius 3 is 1.94 bits per heavy atom. The molecule has 108 valence electrons. The van der Waals surface area contributed by atoms with Gasteiger partial charge in [0, 0.05) is 19.5 Å². The number of hydrogen-bond acceptors (Lipinski definition) is 1. The van der Waals surface area contributed by atoms with Gasteiger partial charge in [0.05, 0.1) is 0 Å². The molecule has 18 heavy (non-hydrogen) atoms. The third-order valence-corrected chi connectivity index (χ3v) is 3.52. The van der Waals surface area contributed by atoms with Crippen LogP contribution in [0.25, 0.3) is 0 Å². The van der Waals surface area contributed by atoms with E-state index in [-0.39, 0.29) is 5.41 Å². The van der Waals surface area contributed by atoms with E-state index < -0.39 is 0 Å². The minimum absolute atomic E-state index is 0.117. The SMILES string of the molecule is CC.CC(C)C1CCN(C(=O)CC(C)(C)C)CC1. The molecule has 0 aliphatic carbocycles. The Labute approximate surface area is 114 Å². The van der Waals surface area contributed by atoms with Crippen molar-refractivity contribution in [2.24, 2.45) is 17.3 Å². The Morgan fingerprint density at radius 2 is 1.61 bits per heavy atom. The Morgan fingerprint density at radius 1 is 1.17 bits per heavy atom. The number of nitrogens with zero attached hydrogens (tertiary/aromatic N) is 1. The summed E-state index contributed by atoms with van der Waals surface area (Å²) in [6.45, 7) is 16.9. The minimum Gasteiger partial charge on any atom is -0.343 e. The number of piperidine rings is 1. The predicted molar refractivity (Wildman–Crippen MR) is 79.6 cm³/mol. The summed E-state index contributed by atoms with van der Waals surface area (Å²) in [5, 5.41) is 0. The topological polar surface area (TPSA) is 20.3 Å². The molecule has 0 unspecified atom stereocenters. The van der Waals surface area contributed by atoms with Gasteiger partial charge in [0.25, 0.3) is 0 Å². The number of rotatable bonds is 2. The van der Waals surface area contributed by atoms with Gasteiger partial charge in [-0.3, -0.25) is 4.79 Å². The summed E-state index contributed by atoms with van der Waals surface area (Å²) in [6.07, 6.45) is 3.06. The van der Waals surface area contributed by atoms with Crippen molar-refractivity contribution in [2.75, 3.05) is 13.1 Å². The lowest BCUT2D eigenvalue weighted by Gasteiger charge is -2.35. The zero-order chi connectivity index (χ0) is 14.3. The highest BCUT2D eigenvalue weighted by atomic mass is 16.2. The lowest BCUT2D eigenvalue weighted by atomic mass is 9.86. The molecule has 1 fully saturated rings. The molecule has 0 saturated carbocycles. The van der Waals surface area contributed by atoms with Gasteiger partial charge in [-0.25, -0.2) is 0 Å². The average Bonchev–Trinajstić information content (AvgIpc) is 2.29. The lowest BCUT2D eigenvalue weighted by molar-refractivity contribution is -0.134. The van der Waals surface area contributed by atoms with Gasteiger partial charge in [0.1, 0.15) is 0 Å². The zero-order valence-electron chi connectivity index (χ0n) is 13.5. The van der Waals surface area contributed by atoms with Crippen molar-refractivity contribution in [3.05, 3.63) is 0 Å². The van der Waals surface area contributed by atoms with Gasteiger partial charge in [-0.15, -0.1) is 0 Å². The highest BCUT2D eigenvalue weighted by Gasteiger charge is 2.26. The number of carbonyl (C=O) groups excluding carboxylic acids is 1. The molecule has 0 atom stereocenters. The average molecular weight is 255 g/mol. The normalized spacial score (nSPS) is 17.4. The van der Waals surface area contributed by atoms with Crippen LogP contribution in [0.2, 0.25) is 0 Å². The van der Waals surface area contributed by atoms with Crippen molar-refractivity contribution in [2.45, 2.75) is 67.7 Å². The predicted octanol–water partition coefficient (Wildman–Crippen LogP) is 4.34. The van der Waals surface area contributed by atoms with Crippen LogP contribution >= 0.6 is 0 Å². The second-order valence-corrected chi connectivity index (χ2v) is 6.70. The second kappa shape index (κ2) is 7.81. The summed E-state index contributed by atoms with van der Waals surface area (Å²) in [7, 11) is 0. The third kappa shape index (κ3) is 6.42. The highest BCUT2D eigenvalue weighted by molar-refractivity contribution is 5.76. The number of amides is 1. The van der Waals surface area contributed by atoms with Gasteiger partial charge in [-0.05, 0) is 30.1 Å². The first-order valence-electron chi connectivity index (χ1n) is 7.57. The van der Waals surface area contributed by atoms with Gasteiger partial charge in [0.2, 0.25) is 5.91 Å². The summed E-state index contributed by atoms with van der Waals surface area (Å²) in [6, 6.07) is 0. The summed E-state index contributed by atoms with van der Waals surface area (Å²) in [5.74, 6) is 1.92. The van der Waals surface area contributed by atoms with Gasteiger partial charge in [0.15, 0.2) is 0 Å². The van der Waals surface area contributed by atoms with Crippen molar-refractivity contribution in [3.63, 3.8) is 0 Å². The second-order valence-electron chi connectivity index (χ2n) is 6.70. The number of carbonyl (C=O) groups is 1. The van der Waals surface area contributed by atoms with Crippen LogP contribution in [-0.2, 0) is 4.79 Å². The fourth-order valence-electron chi connectivity index (χ4n) is 2.38. The van der Waals surface area contributed by atoms with Crippen molar-refractivity contribution in [1.82, 2.24) is 4.90 Å². The molecule has 2 heteroatoms. The van der Waals surface area contributed by atoms with E-state index in [1.54, 1.807) is 0 Å². The zero-order valence-corrected chi connectivity index (χ0v) is 13.5. The quantitative estimate of drug-likeness (QED) is 0.718. The highest BCUT2D eigenvalue weighted by Crippen LogP contribution is 2.26. The Balaban J connectivity index is 0.00000137. The van der Waals surface area contributed by atoms with E-state index in [1.807, 2.05) is 13.8 Å². The van der Waals surface area contributed by atoms with Gasteiger partial charge in [-0.2, -0.15) is 0 Å². The summed E-state index contributed by atoms with van der Waals surface area (Å²) < 4.78 is 0. The monoisotopic (exact) mass is 255 g/mol. The van der Waals surface area contributed by atoms with Crippen molar-refractivity contribution < 1.29 is 4.79 Å². The molecule has 0 N–H and O–H groups in total. The molecule has 1 amide bonds. The molecular weight excluding hydrogens is 222 g/mol. The fourth-order valence-corrected chi connectivity index (χ4v) is 2.38. The van der Waals surface area contributed by atoms with E-state index in [9.17, 15) is 4.79 Å². The van der Waals surface area contributed by atoms with Gasteiger partial charge >= 0.3 is 0 Å². The van der Waals surface area contributed by atoms with Crippen LogP contribution in [0.1, 0.15) is 67.7 Å². The molecule has 0 spiro atoms. The first-order valence-corrected chi connectivity index (χ1v) is 7.57. The molecule has 1 rings (SSSR count). The van der Waals surface area contributed by atoms with E-state index in [0.29, 0.717) is 12.3 Å². The van der Waals surface area contributed by atoms with Gasteiger partial charge in [-0.1, -0.05) is 48.5 Å². The molecule has 0 aromatic rings. The summed E-state index contributed by atoms with van der Waals surface area (Å²) in [5.41, 5.74) is 0.117. The number of likely N-dealkylation sites (tertiary alicyclic amines) is 1. The van der Waals surface area contributed by atoms with E-state index >= 15 is 0 Å². The third-order valence-electron chi connectivity index (χ3n) is 3.52. The lowest BCUT2D eigenvalue weighted by Crippen LogP contribution is -2.40. The molecule has 0 radical (unpaired) electrons. The smallest absolute Gasteiger partial charge is 0.223 e. The molecule has 1 aliphatic rings. The van der Waals surface area contributed by atoms with Crippen LogP contribution in [-0.4, -0.2) is 23.9 Å². The molecule has 2 nitrogen and oxygen atoms in total. The van der Waals surface area contributed by atoms with Crippen molar-refractivity contribution in [3.8, 4) is 0 Å². The largest absolute Gasteiger partial charge is 0.343 e. The maximum absolute atomic E-state index is 12.0. The van der Waals surface area contributed by atoms with Crippen LogP contribution in [0.4, 0.5) is 0 Å². The Bertz CT molecular complexity index is 232. The molecule has 1 heterocycles. The first kappa shape index (κ1) is 17.5. The summed E-state index contributed by atoms with van der Waals surface area (Å²) >= 11 is 0. The van der Waals surface area contributed by atoms with Crippen LogP contribution in [0.3, 0.4) is 0 Å². The van der Waals surface area contributed by atoms with E-state index in [0.717, 1.165) is 24.9 Å². The Hall–Kier alpha value is -0.530. The maximum Gasteiger partial charge on any atom is 0.223 e. The molecule has 1 aliphatic heterocycles. The molecule has 1 saturated heterocycles. The van der Waals surface area contributed by atoms with E-state index in [2.05, 4.69) is 39.5 Å². The van der Waals surface area contributed by atoms with Crippen LogP contribution in [0.15, 0.2) is 0 Å². The molecule has 0 aromatic heterocycles. The fraction of sp³-hybridized carbons (Fsp3) is 0.938. The van der Waals surface area contributed by atoms with E-state index in [4.69, 9.17) is 0 Å². The molecule has 0 bridgehead atoms. The summed E-state index contributed by atoms with van der Waals surface area (Å²) in [4.78, 5) is 14.1. The number of hydrogen-bond donors (Lipinski definition) is 0. The molecule has 0 aromatic carbocycles. The minimum atomic E-state index is 0.117.